The summed E-state index contributed by atoms with van der Waals surface area (Å²) in [6.07, 6.45) is 0.739. The first-order valence-electron chi connectivity index (χ1n) is 6.69. The van der Waals surface area contributed by atoms with Gasteiger partial charge in [-0.2, -0.15) is 0 Å². The van der Waals surface area contributed by atoms with E-state index in [1.54, 1.807) is 6.07 Å². The lowest BCUT2D eigenvalue weighted by molar-refractivity contribution is 0.501. The Kier molecular flexibility index (Phi) is 4.50. The molecule has 106 valence electrons. The molecule has 0 radical (unpaired) electrons. The topological polar surface area (TPSA) is 12.0 Å². The number of hydrogen-bond donors (Lipinski definition) is 1. The van der Waals surface area contributed by atoms with Gasteiger partial charge in [0.1, 0.15) is 0 Å². The fourth-order valence-electron chi connectivity index (χ4n) is 2.28. The quantitative estimate of drug-likeness (QED) is 0.886. The zero-order valence-electron chi connectivity index (χ0n) is 12.0. The summed E-state index contributed by atoms with van der Waals surface area (Å²) in [7, 11) is 1.83. The molecule has 0 saturated carbocycles. The summed E-state index contributed by atoms with van der Waals surface area (Å²) >= 11 is 0. The summed E-state index contributed by atoms with van der Waals surface area (Å²) in [5, 5.41) is 3.16. The minimum Gasteiger partial charge on any atom is -0.313 e. The molecule has 0 bridgehead atoms. The van der Waals surface area contributed by atoms with Gasteiger partial charge in [0.25, 0.3) is 0 Å². The second-order valence-corrected chi connectivity index (χ2v) is 5.14. The van der Waals surface area contributed by atoms with E-state index in [0.717, 1.165) is 12.0 Å². The highest BCUT2D eigenvalue weighted by molar-refractivity contribution is 5.32. The summed E-state index contributed by atoms with van der Waals surface area (Å²) in [6, 6.07) is 10.3. The van der Waals surface area contributed by atoms with Crippen molar-refractivity contribution < 1.29 is 8.78 Å². The van der Waals surface area contributed by atoms with Gasteiger partial charge in [0.05, 0.1) is 0 Å². The Balaban J connectivity index is 2.23. The number of benzene rings is 2. The third-order valence-electron chi connectivity index (χ3n) is 3.71. The molecule has 2 aromatic carbocycles. The summed E-state index contributed by atoms with van der Waals surface area (Å²) < 4.78 is 26.3. The van der Waals surface area contributed by atoms with Crippen LogP contribution in [0.2, 0.25) is 0 Å². The van der Waals surface area contributed by atoms with Crippen molar-refractivity contribution in [3.63, 3.8) is 0 Å². The molecule has 1 atom stereocenters. The lowest BCUT2D eigenvalue weighted by Crippen LogP contribution is -2.19. The van der Waals surface area contributed by atoms with Gasteiger partial charge < -0.3 is 5.32 Å². The van der Waals surface area contributed by atoms with Crippen molar-refractivity contribution >= 4 is 0 Å². The van der Waals surface area contributed by atoms with Crippen molar-refractivity contribution in [2.75, 3.05) is 7.05 Å². The molecular formula is C17H19F2N. The number of likely N-dealkylation sites (N-methyl/N-ethyl adjacent to an activating group) is 1. The SMILES string of the molecule is CNC(Cc1ccc(C)c(C)c1)c1ccc(F)c(F)c1. The minimum absolute atomic E-state index is 0.0350. The molecule has 1 unspecified atom stereocenters. The van der Waals surface area contributed by atoms with E-state index in [4.69, 9.17) is 0 Å². The predicted octanol–water partition coefficient (Wildman–Crippen LogP) is 4.08. The molecule has 0 heterocycles. The summed E-state index contributed by atoms with van der Waals surface area (Å²) in [5.74, 6) is -1.61. The molecule has 0 aliphatic heterocycles. The smallest absolute Gasteiger partial charge is 0.159 e. The minimum atomic E-state index is -0.810. The largest absolute Gasteiger partial charge is 0.313 e. The van der Waals surface area contributed by atoms with Gasteiger partial charge in [0.2, 0.25) is 0 Å². The van der Waals surface area contributed by atoms with Crippen LogP contribution in [0.1, 0.15) is 28.3 Å². The maximum absolute atomic E-state index is 13.3. The molecule has 2 aromatic rings. The molecule has 2 rings (SSSR count). The van der Waals surface area contributed by atoms with Crippen molar-refractivity contribution in [1.29, 1.82) is 0 Å². The maximum atomic E-state index is 13.3. The number of aryl methyl sites for hydroxylation is 2. The normalized spacial score (nSPS) is 12.4. The Morgan fingerprint density at radius 1 is 0.950 bits per heavy atom. The standard InChI is InChI=1S/C17H19F2N/c1-11-4-5-13(8-12(11)2)9-17(20-3)14-6-7-15(18)16(19)10-14/h4-8,10,17,20H,9H2,1-3H3. The van der Waals surface area contributed by atoms with Crippen molar-refractivity contribution in [3.05, 3.63) is 70.3 Å². The first-order chi connectivity index (χ1) is 9.51. The van der Waals surface area contributed by atoms with E-state index in [1.165, 1.54) is 28.8 Å². The Morgan fingerprint density at radius 3 is 2.30 bits per heavy atom. The van der Waals surface area contributed by atoms with Gasteiger partial charge in [-0.3, -0.25) is 0 Å². The summed E-state index contributed by atoms with van der Waals surface area (Å²) in [6.45, 7) is 4.15. The van der Waals surface area contributed by atoms with Gasteiger partial charge in [0.15, 0.2) is 11.6 Å². The van der Waals surface area contributed by atoms with E-state index in [0.29, 0.717) is 0 Å². The Bertz CT molecular complexity index is 608. The predicted molar refractivity (Wildman–Crippen MR) is 77.8 cm³/mol. The molecule has 0 spiro atoms. The molecular weight excluding hydrogens is 256 g/mol. The van der Waals surface area contributed by atoms with Gasteiger partial charge in [-0.05, 0) is 61.7 Å². The van der Waals surface area contributed by atoms with Crippen LogP contribution < -0.4 is 5.32 Å². The monoisotopic (exact) mass is 275 g/mol. The van der Waals surface area contributed by atoms with Crippen LogP contribution in [0.3, 0.4) is 0 Å². The second kappa shape index (κ2) is 6.14. The highest BCUT2D eigenvalue weighted by Gasteiger charge is 2.13. The zero-order chi connectivity index (χ0) is 14.7. The number of halogens is 2. The van der Waals surface area contributed by atoms with Crippen LogP contribution >= 0.6 is 0 Å². The number of hydrogen-bond acceptors (Lipinski definition) is 1. The van der Waals surface area contributed by atoms with Crippen LogP contribution in [0.25, 0.3) is 0 Å². The molecule has 0 aliphatic carbocycles. The van der Waals surface area contributed by atoms with Crippen LogP contribution in [0.15, 0.2) is 36.4 Å². The second-order valence-electron chi connectivity index (χ2n) is 5.14. The Morgan fingerprint density at radius 2 is 1.70 bits per heavy atom. The van der Waals surface area contributed by atoms with E-state index < -0.39 is 11.6 Å². The highest BCUT2D eigenvalue weighted by Crippen LogP contribution is 2.21. The van der Waals surface area contributed by atoms with E-state index >= 15 is 0 Å². The molecule has 1 N–H and O–H groups in total. The van der Waals surface area contributed by atoms with Crippen LogP contribution in [0.5, 0.6) is 0 Å². The zero-order valence-corrected chi connectivity index (χ0v) is 12.0. The Hall–Kier alpha value is -1.74. The maximum Gasteiger partial charge on any atom is 0.159 e. The Labute approximate surface area is 118 Å². The van der Waals surface area contributed by atoms with E-state index in [2.05, 4.69) is 37.4 Å². The highest BCUT2D eigenvalue weighted by atomic mass is 19.2. The fourth-order valence-corrected chi connectivity index (χ4v) is 2.28. The van der Waals surface area contributed by atoms with Crippen molar-refractivity contribution in [2.45, 2.75) is 26.3 Å². The fraction of sp³-hybridized carbons (Fsp3) is 0.294. The van der Waals surface area contributed by atoms with Gasteiger partial charge in [-0.25, -0.2) is 8.78 Å². The lowest BCUT2D eigenvalue weighted by Gasteiger charge is -2.17. The molecule has 1 nitrogen and oxygen atoms in total. The first kappa shape index (κ1) is 14.7. The van der Waals surface area contributed by atoms with E-state index in [1.807, 2.05) is 7.05 Å². The average molecular weight is 275 g/mol. The first-order valence-corrected chi connectivity index (χ1v) is 6.69. The van der Waals surface area contributed by atoms with Crippen molar-refractivity contribution in [3.8, 4) is 0 Å². The average Bonchev–Trinajstić information content (AvgIpc) is 2.43. The third-order valence-corrected chi connectivity index (χ3v) is 3.71. The van der Waals surface area contributed by atoms with Gasteiger partial charge in [-0.15, -0.1) is 0 Å². The van der Waals surface area contributed by atoms with Crippen LogP contribution in [-0.2, 0) is 6.42 Å². The van der Waals surface area contributed by atoms with Crippen molar-refractivity contribution in [2.24, 2.45) is 0 Å². The van der Waals surface area contributed by atoms with Gasteiger partial charge >= 0.3 is 0 Å². The third kappa shape index (κ3) is 3.23. The van der Waals surface area contributed by atoms with E-state index in [9.17, 15) is 8.78 Å². The molecule has 20 heavy (non-hydrogen) atoms. The van der Waals surface area contributed by atoms with Gasteiger partial charge in [0, 0.05) is 6.04 Å². The molecule has 0 saturated heterocycles. The lowest BCUT2D eigenvalue weighted by atomic mass is 9.96. The molecule has 0 aliphatic rings. The molecule has 3 heteroatoms. The van der Waals surface area contributed by atoms with Crippen LogP contribution in [0.4, 0.5) is 8.78 Å². The van der Waals surface area contributed by atoms with Gasteiger partial charge in [-0.1, -0.05) is 24.3 Å². The molecule has 0 aromatic heterocycles. The van der Waals surface area contributed by atoms with Crippen LogP contribution in [0, 0.1) is 25.5 Å². The molecule has 0 amide bonds. The van der Waals surface area contributed by atoms with Crippen LogP contribution in [-0.4, -0.2) is 7.05 Å². The number of rotatable bonds is 4. The number of nitrogens with one attached hydrogen (secondary N) is 1. The molecule has 0 fully saturated rings. The van der Waals surface area contributed by atoms with E-state index in [-0.39, 0.29) is 6.04 Å². The van der Waals surface area contributed by atoms with Crippen molar-refractivity contribution in [1.82, 2.24) is 5.32 Å². The summed E-state index contributed by atoms with van der Waals surface area (Å²) in [5.41, 5.74) is 4.42. The summed E-state index contributed by atoms with van der Waals surface area (Å²) in [4.78, 5) is 0.